The number of ether oxygens (including phenoxy) is 3. The van der Waals surface area contributed by atoms with E-state index in [0.717, 1.165) is 70.6 Å². The third kappa shape index (κ3) is 64.9. The molecule has 0 aromatic carbocycles. The van der Waals surface area contributed by atoms with Crippen LogP contribution in [0.4, 0.5) is 0 Å². The third-order valence-corrected chi connectivity index (χ3v) is 16.3. The number of carbonyl (C=O) groups excluding carboxylic acids is 3. The molecular weight excluding hydrogens is 949 g/mol. The van der Waals surface area contributed by atoms with Gasteiger partial charge in [0.2, 0.25) is 0 Å². The van der Waals surface area contributed by atoms with Crippen LogP contribution in [0.5, 0.6) is 0 Å². The molecule has 0 aromatic heterocycles. The van der Waals surface area contributed by atoms with E-state index in [-0.39, 0.29) is 31.1 Å². The van der Waals surface area contributed by atoms with E-state index in [9.17, 15) is 14.4 Å². The third-order valence-electron chi connectivity index (χ3n) is 16.3. The minimum atomic E-state index is -0.768. The molecule has 0 fully saturated rings. The van der Waals surface area contributed by atoms with Crippen LogP contribution in [0.1, 0.15) is 406 Å². The molecule has 0 saturated carbocycles. The zero-order valence-corrected chi connectivity index (χ0v) is 52.5. The van der Waals surface area contributed by atoms with Crippen molar-refractivity contribution in [2.24, 2.45) is 0 Å². The van der Waals surface area contributed by atoms with Gasteiger partial charge in [0.25, 0.3) is 0 Å². The van der Waals surface area contributed by atoms with Gasteiger partial charge in [-0.1, -0.05) is 360 Å². The van der Waals surface area contributed by atoms with Crippen molar-refractivity contribution in [2.75, 3.05) is 13.2 Å². The molecule has 6 heteroatoms. The van der Waals surface area contributed by atoms with Crippen LogP contribution in [0.15, 0.2) is 12.2 Å². The molecule has 0 aliphatic heterocycles. The molecule has 456 valence electrons. The number of hydrogen-bond donors (Lipinski definition) is 0. The van der Waals surface area contributed by atoms with Gasteiger partial charge in [0.15, 0.2) is 6.10 Å². The molecule has 1 unspecified atom stereocenters. The zero-order valence-electron chi connectivity index (χ0n) is 52.5. The Bertz CT molecular complexity index is 1200. The maximum atomic E-state index is 12.9. The highest BCUT2D eigenvalue weighted by Crippen LogP contribution is 2.19. The molecule has 0 radical (unpaired) electrons. The Labute approximate surface area is 481 Å². The highest BCUT2D eigenvalue weighted by Gasteiger charge is 2.19. The molecule has 0 N–H and O–H groups in total. The van der Waals surface area contributed by atoms with E-state index in [2.05, 4.69) is 32.9 Å². The van der Waals surface area contributed by atoms with E-state index in [1.54, 1.807) is 0 Å². The van der Waals surface area contributed by atoms with Gasteiger partial charge in [-0.2, -0.15) is 0 Å². The summed E-state index contributed by atoms with van der Waals surface area (Å²) in [5.74, 6) is -0.850. The largest absolute Gasteiger partial charge is 0.462 e. The van der Waals surface area contributed by atoms with E-state index in [1.807, 2.05) is 0 Å². The summed E-state index contributed by atoms with van der Waals surface area (Å²) in [4.78, 5) is 38.2. The highest BCUT2D eigenvalue weighted by atomic mass is 16.6. The fourth-order valence-electron chi connectivity index (χ4n) is 11.0. The lowest BCUT2D eigenvalue weighted by atomic mass is 10.0. The molecule has 0 heterocycles. The summed E-state index contributed by atoms with van der Waals surface area (Å²) < 4.78 is 16.9. The van der Waals surface area contributed by atoms with Gasteiger partial charge in [-0.05, 0) is 38.5 Å². The van der Waals surface area contributed by atoms with Crippen LogP contribution < -0.4 is 0 Å². The van der Waals surface area contributed by atoms with Gasteiger partial charge in [-0.3, -0.25) is 14.4 Å². The molecule has 0 saturated heterocycles. The monoisotopic (exact) mass is 1090 g/mol. The summed E-state index contributed by atoms with van der Waals surface area (Å²) in [6.45, 7) is 6.64. The first-order valence-electron chi connectivity index (χ1n) is 35.2. The van der Waals surface area contributed by atoms with Crippen molar-refractivity contribution in [3.8, 4) is 0 Å². The van der Waals surface area contributed by atoms with Gasteiger partial charge in [0.1, 0.15) is 13.2 Å². The summed E-state index contributed by atoms with van der Waals surface area (Å²) in [5, 5.41) is 0. The van der Waals surface area contributed by atoms with Crippen molar-refractivity contribution in [1.29, 1.82) is 0 Å². The molecule has 0 aliphatic rings. The first kappa shape index (κ1) is 75.2. The van der Waals surface area contributed by atoms with Gasteiger partial charge < -0.3 is 14.2 Å². The molecule has 0 spiro atoms. The van der Waals surface area contributed by atoms with Crippen LogP contribution >= 0.6 is 0 Å². The molecule has 0 bridgehead atoms. The molecule has 0 amide bonds. The first-order valence-corrected chi connectivity index (χ1v) is 35.2. The van der Waals surface area contributed by atoms with E-state index in [4.69, 9.17) is 14.2 Å². The van der Waals surface area contributed by atoms with Crippen molar-refractivity contribution >= 4 is 17.9 Å². The van der Waals surface area contributed by atoms with Crippen molar-refractivity contribution in [3.63, 3.8) is 0 Å². The Morgan fingerprint density at radius 2 is 0.455 bits per heavy atom. The Morgan fingerprint density at radius 3 is 0.701 bits per heavy atom. The van der Waals surface area contributed by atoms with E-state index in [0.29, 0.717) is 19.3 Å². The van der Waals surface area contributed by atoms with Crippen LogP contribution in [0.3, 0.4) is 0 Å². The lowest BCUT2D eigenvalue weighted by Gasteiger charge is -2.18. The summed E-state index contributed by atoms with van der Waals surface area (Å²) in [5.41, 5.74) is 0. The Kier molecular flexibility index (Phi) is 65.1. The fourth-order valence-corrected chi connectivity index (χ4v) is 11.0. The van der Waals surface area contributed by atoms with Gasteiger partial charge in [0.05, 0.1) is 0 Å². The average molecular weight is 1090 g/mol. The predicted octanol–water partition coefficient (Wildman–Crippen LogP) is 24.0. The van der Waals surface area contributed by atoms with E-state index in [1.165, 1.54) is 295 Å². The molecule has 0 rings (SSSR count). The minimum absolute atomic E-state index is 0.0665. The summed E-state index contributed by atoms with van der Waals surface area (Å²) in [7, 11) is 0. The Balaban J connectivity index is 3.93. The van der Waals surface area contributed by atoms with Gasteiger partial charge in [-0.15, -0.1) is 0 Å². The smallest absolute Gasteiger partial charge is 0.306 e. The van der Waals surface area contributed by atoms with E-state index < -0.39 is 6.10 Å². The molecule has 77 heavy (non-hydrogen) atoms. The summed E-state index contributed by atoms with van der Waals surface area (Å²) >= 11 is 0. The maximum absolute atomic E-state index is 12.9. The standard InChI is InChI=1S/C71H136O6/c1-4-7-10-13-16-19-22-24-26-27-28-29-30-31-32-33-34-35-36-37-38-39-40-41-42-43-44-45-46-48-49-52-55-58-61-64-70(73)76-67-68(66-75-69(72)63-60-57-54-51-21-18-15-12-9-6-3)77-71(74)65-62-59-56-53-50-47-25-23-20-17-14-11-8-5-2/h12,15,68H,4-11,13-14,16-67H2,1-3H3/b15-12-. The zero-order chi connectivity index (χ0) is 55.7. The quantitative estimate of drug-likeness (QED) is 0.0261. The van der Waals surface area contributed by atoms with Crippen molar-refractivity contribution < 1.29 is 28.6 Å². The minimum Gasteiger partial charge on any atom is -0.462 e. The number of allylic oxidation sites excluding steroid dienone is 2. The van der Waals surface area contributed by atoms with Crippen LogP contribution in [0, 0.1) is 0 Å². The first-order chi connectivity index (χ1) is 38.0. The highest BCUT2D eigenvalue weighted by molar-refractivity contribution is 5.71. The lowest BCUT2D eigenvalue weighted by molar-refractivity contribution is -0.167. The SMILES string of the molecule is CCC/C=C\CCCCCCCC(=O)OCC(COC(=O)CCCCCCCCCCCCCCCCCCCCCCCCCCCCCCCCCCCCC)OC(=O)CCCCCCCCCCCCCCCC. The number of unbranched alkanes of at least 4 members (excludes halogenated alkanes) is 53. The average Bonchev–Trinajstić information content (AvgIpc) is 3.43. The fraction of sp³-hybridized carbons (Fsp3) is 0.930. The summed E-state index contributed by atoms with van der Waals surface area (Å²) in [6, 6.07) is 0. The van der Waals surface area contributed by atoms with Crippen molar-refractivity contribution in [3.05, 3.63) is 12.2 Å². The molecule has 0 aromatic rings. The Morgan fingerprint density at radius 1 is 0.247 bits per heavy atom. The van der Waals surface area contributed by atoms with Crippen molar-refractivity contribution in [1.82, 2.24) is 0 Å². The van der Waals surface area contributed by atoms with Gasteiger partial charge >= 0.3 is 17.9 Å². The molecule has 1 atom stereocenters. The van der Waals surface area contributed by atoms with E-state index >= 15 is 0 Å². The van der Waals surface area contributed by atoms with Gasteiger partial charge in [-0.25, -0.2) is 0 Å². The number of rotatable bonds is 66. The second kappa shape index (κ2) is 66.7. The molecule has 0 aliphatic carbocycles. The van der Waals surface area contributed by atoms with Crippen LogP contribution in [0.2, 0.25) is 0 Å². The summed E-state index contributed by atoms with van der Waals surface area (Å²) in [6.07, 6.45) is 80.0. The van der Waals surface area contributed by atoms with Crippen LogP contribution in [-0.4, -0.2) is 37.2 Å². The normalized spacial score (nSPS) is 12.0. The number of hydrogen-bond acceptors (Lipinski definition) is 6. The van der Waals surface area contributed by atoms with Gasteiger partial charge in [0, 0.05) is 19.3 Å². The lowest BCUT2D eigenvalue weighted by Crippen LogP contribution is -2.30. The topological polar surface area (TPSA) is 78.9 Å². The van der Waals surface area contributed by atoms with Crippen LogP contribution in [-0.2, 0) is 28.6 Å². The molecule has 6 nitrogen and oxygen atoms in total. The number of esters is 3. The molecular formula is C71H136O6. The Hall–Kier alpha value is -1.85. The van der Waals surface area contributed by atoms with Crippen molar-refractivity contribution in [2.45, 2.75) is 412 Å². The number of carbonyl (C=O) groups is 3. The van der Waals surface area contributed by atoms with Crippen LogP contribution in [0.25, 0.3) is 0 Å². The second-order valence-electron chi connectivity index (χ2n) is 24.2. The predicted molar refractivity (Wildman–Crippen MR) is 335 cm³/mol. The maximum Gasteiger partial charge on any atom is 0.306 e. The second-order valence-corrected chi connectivity index (χ2v) is 24.2.